The second kappa shape index (κ2) is 9.41. The van der Waals surface area contributed by atoms with Gasteiger partial charge in [0.15, 0.2) is 5.69 Å². The maximum atomic E-state index is 11.4. The van der Waals surface area contributed by atoms with Crippen LogP contribution in [0.3, 0.4) is 0 Å². The quantitative estimate of drug-likeness (QED) is 0.405. The number of carboxylic acid groups (broad SMARTS) is 1. The summed E-state index contributed by atoms with van der Waals surface area (Å²) in [6.07, 6.45) is 2.84. The summed E-state index contributed by atoms with van der Waals surface area (Å²) in [5.74, 6) is 0.101. The summed E-state index contributed by atoms with van der Waals surface area (Å²) in [4.78, 5) is 17.7. The normalized spacial score (nSPS) is 15.6. The summed E-state index contributed by atoms with van der Waals surface area (Å²) < 4.78 is 6.12. The van der Waals surface area contributed by atoms with Crippen LogP contribution in [0.4, 0.5) is 5.82 Å². The van der Waals surface area contributed by atoms with Crippen LogP contribution in [0.15, 0.2) is 60.7 Å². The molecule has 1 N–H and O–H groups in total. The SMILES string of the molecule is CC1CC=C(c2cc(Cl)ccc2OCc2ccc(Cl)cc2Cl)N1c1cccc(C(=O)O)n1. The van der Waals surface area contributed by atoms with Crippen molar-refractivity contribution in [2.24, 2.45) is 0 Å². The molecule has 2 heterocycles. The van der Waals surface area contributed by atoms with Gasteiger partial charge in [-0.3, -0.25) is 0 Å². The zero-order chi connectivity index (χ0) is 22.8. The zero-order valence-corrected chi connectivity index (χ0v) is 19.3. The lowest BCUT2D eigenvalue weighted by Gasteiger charge is -2.28. The van der Waals surface area contributed by atoms with Crippen molar-refractivity contribution in [2.45, 2.75) is 26.0 Å². The van der Waals surface area contributed by atoms with E-state index >= 15 is 0 Å². The minimum Gasteiger partial charge on any atom is -0.488 e. The van der Waals surface area contributed by atoms with E-state index in [-0.39, 0.29) is 18.3 Å². The molecule has 0 amide bonds. The van der Waals surface area contributed by atoms with Crippen molar-refractivity contribution < 1.29 is 14.6 Å². The Hall–Kier alpha value is -2.73. The number of hydrogen-bond donors (Lipinski definition) is 1. The summed E-state index contributed by atoms with van der Waals surface area (Å²) in [7, 11) is 0. The van der Waals surface area contributed by atoms with Gasteiger partial charge in [0.25, 0.3) is 0 Å². The fourth-order valence-electron chi connectivity index (χ4n) is 3.61. The van der Waals surface area contributed by atoms with Crippen molar-refractivity contribution >= 4 is 52.3 Å². The van der Waals surface area contributed by atoms with Crippen LogP contribution in [0.1, 0.15) is 35.0 Å². The molecular formula is C24H19Cl3N2O3. The number of rotatable bonds is 6. The van der Waals surface area contributed by atoms with Crippen molar-refractivity contribution in [3.05, 3.63) is 92.6 Å². The zero-order valence-electron chi connectivity index (χ0n) is 17.1. The highest BCUT2D eigenvalue weighted by Crippen LogP contribution is 2.39. The van der Waals surface area contributed by atoms with Gasteiger partial charge in [0, 0.05) is 37.9 Å². The average Bonchev–Trinajstić information content (AvgIpc) is 3.15. The van der Waals surface area contributed by atoms with Crippen LogP contribution in [0.5, 0.6) is 5.75 Å². The van der Waals surface area contributed by atoms with Gasteiger partial charge < -0.3 is 14.7 Å². The van der Waals surface area contributed by atoms with E-state index in [0.717, 1.165) is 23.2 Å². The third kappa shape index (κ3) is 4.70. The van der Waals surface area contributed by atoms with Crippen molar-refractivity contribution in [1.82, 2.24) is 4.98 Å². The van der Waals surface area contributed by atoms with Gasteiger partial charge in [-0.15, -0.1) is 0 Å². The summed E-state index contributed by atoms with van der Waals surface area (Å²) in [5, 5.41) is 11.0. The molecule has 3 aromatic rings. The molecule has 1 aliphatic rings. The minimum atomic E-state index is -1.07. The molecule has 4 rings (SSSR count). The molecule has 1 unspecified atom stereocenters. The molecule has 0 spiro atoms. The van der Waals surface area contributed by atoms with Crippen LogP contribution in [0.25, 0.3) is 5.70 Å². The van der Waals surface area contributed by atoms with E-state index in [1.165, 1.54) is 6.07 Å². The number of aromatic nitrogens is 1. The maximum Gasteiger partial charge on any atom is 0.354 e. The van der Waals surface area contributed by atoms with Crippen LogP contribution in [-0.4, -0.2) is 22.1 Å². The first-order valence-corrected chi connectivity index (χ1v) is 11.0. The molecule has 5 nitrogen and oxygen atoms in total. The molecule has 1 atom stereocenters. The predicted octanol–water partition coefficient (Wildman–Crippen LogP) is 6.96. The number of pyridine rings is 1. The molecule has 0 fully saturated rings. The summed E-state index contributed by atoms with van der Waals surface area (Å²) in [5.41, 5.74) is 2.43. The Morgan fingerprint density at radius 2 is 1.88 bits per heavy atom. The Morgan fingerprint density at radius 3 is 2.62 bits per heavy atom. The van der Waals surface area contributed by atoms with Gasteiger partial charge in [0.05, 0.1) is 0 Å². The number of carboxylic acids is 1. The first-order valence-electron chi connectivity index (χ1n) is 9.90. The summed E-state index contributed by atoms with van der Waals surface area (Å²) >= 11 is 18.6. The lowest BCUT2D eigenvalue weighted by molar-refractivity contribution is 0.0690. The number of halogens is 3. The fourth-order valence-corrected chi connectivity index (χ4v) is 4.25. The number of hydrogen-bond acceptors (Lipinski definition) is 4. The molecule has 0 radical (unpaired) electrons. The fraction of sp³-hybridized carbons (Fsp3) is 0.167. The van der Waals surface area contributed by atoms with Crippen LogP contribution in [0.2, 0.25) is 15.1 Å². The van der Waals surface area contributed by atoms with Crippen molar-refractivity contribution in [3.8, 4) is 5.75 Å². The second-order valence-corrected chi connectivity index (χ2v) is 8.68. The van der Waals surface area contributed by atoms with Gasteiger partial charge in [-0.1, -0.05) is 53.0 Å². The van der Waals surface area contributed by atoms with Crippen LogP contribution in [-0.2, 0) is 6.61 Å². The Labute approximate surface area is 200 Å². The van der Waals surface area contributed by atoms with Gasteiger partial charge >= 0.3 is 5.97 Å². The van der Waals surface area contributed by atoms with Crippen molar-refractivity contribution in [1.29, 1.82) is 0 Å². The Bertz CT molecular complexity index is 1210. The highest BCUT2D eigenvalue weighted by atomic mass is 35.5. The molecule has 0 saturated carbocycles. The van der Waals surface area contributed by atoms with Crippen LogP contribution in [0, 0.1) is 0 Å². The smallest absolute Gasteiger partial charge is 0.354 e. The highest BCUT2D eigenvalue weighted by molar-refractivity contribution is 6.35. The van der Waals surface area contributed by atoms with Crippen molar-refractivity contribution in [2.75, 3.05) is 4.90 Å². The van der Waals surface area contributed by atoms with Crippen LogP contribution < -0.4 is 9.64 Å². The maximum absolute atomic E-state index is 11.4. The van der Waals surface area contributed by atoms with E-state index < -0.39 is 5.97 Å². The number of benzene rings is 2. The van der Waals surface area contributed by atoms with E-state index in [4.69, 9.17) is 39.5 Å². The third-order valence-electron chi connectivity index (χ3n) is 5.17. The number of anilines is 1. The molecule has 164 valence electrons. The number of nitrogens with zero attached hydrogens (tertiary/aromatic N) is 2. The van der Waals surface area contributed by atoms with Crippen molar-refractivity contribution in [3.63, 3.8) is 0 Å². The molecule has 0 bridgehead atoms. The van der Waals surface area contributed by atoms with Gasteiger partial charge in [0.1, 0.15) is 18.2 Å². The molecule has 8 heteroatoms. The molecule has 1 aromatic heterocycles. The van der Waals surface area contributed by atoms with Gasteiger partial charge in [0.2, 0.25) is 0 Å². The number of ether oxygens (including phenoxy) is 1. The van der Waals surface area contributed by atoms with E-state index in [2.05, 4.69) is 18.0 Å². The lowest BCUT2D eigenvalue weighted by atomic mass is 10.1. The highest BCUT2D eigenvalue weighted by Gasteiger charge is 2.28. The van der Waals surface area contributed by atoms with E-state index in [1.54, 1.807) is 30.3 Å². The monoisotopic (exact) mass is 488 g/mol. The Balaban J connectivity index is 1.68. The molecule has 32 heavy (non-hydrogen) atoms. The average molecular weight is 490 g/mol. The summed E-state index contributed by atoms with van der Waals surface area (Å²) in [6, 6.07) is 15.7. The number of carbonyl (C=O) groups is 1. The van der Waals surface area contributed by atoms with Gasteiger partial charge in [-0.25, -0.2) is 9.78 Å². The standard InChI is InChI=1S/C24H19Cl3N2O3/c1-14-5-9-21(29(14)23-4-2-3-20(28-23)24(30)31)18-11-16(25)8-10-22(18)32-13-15-6-7-17(26)12-19(15)27/h2-4,6-12,14H,5,13H2,1H3,(H,30,31). The largest absolute Gasteiger partial charge is 0.488 e. The van der Waals surface area contributed by atoms with Gasteiger partial charge in [-0.2, -0.15) is 0 Å². The van der Waals surface area contributed by atoms with Crippen LogP contribution >= 0.6 is 34.8 Å². The third-order valence-corrected chi connectivity index (χ3v) is 5.99. The van der Waals surface area contributed by atoms with E-state index in [9.17, 15) is 9.90 Å². The summed E-state index contributed by atoms with van der Waals surface area (Å²) in [6.45, 7) is 2.30. The minimum absolute atomic E-state index is 0.0131. The topological polar surface area (TPSA) is 62.7 Å². The molecule has 0 saturated heterocycles. The number of aromatic carboxylic acids is 1. The molecular weight excluding hydrogens is 471 g/mol. The van der Waals surface area contributed by atoms with Gasteiger partial charge in [-0.05, 0) is 55.8 Å². The van der Waals surface area contributed by atoms with E-state index in [0.29, 0.717) is 26.6 Å². The predicted molar refractivity (Wildman–Crippen MR) is 128 cm³/mol. The molecule has 2 aromatic carbocycles. The first kappa shape index (κ1) is 22.5. The Kier molecular flexibility index (Phi) is 6.60. The molecule has 0 aliphatic carbocycles. The second-order valence-electron chi connectivity index (χ2n) is 7.40. The lowest BCUT2D eigenvalue weighted by Crippen LogP contribution is -2.28. The van der Waals surface area contributed by atoms with E-state index in [1.807, 2.05) is 23.1 Å². The Morgan fingerprint density at radius 1 is 1.12 bits per heavy atom. The first-order chi connectivity index (χ1) is 15.3. The molecule has 1 aliphatic heterocycles.